The monoisotopic (exact) mass is 439 g/mol. The quantitative estimate of drug-likeness (QED) is 0.700. The van der Waals surface area contributed by atoms with Crippen LogP contribution < -0.4 is 10.7 Å². The Morgan fingerprint density at radius 2 is 2.03 bits per heavy atom. The van der Waals surface area contributed by atoms with Gasteiger partial charge in [-0.1, -0.05) is 17.7 Å². The lowest BCUT2D eigenvalue weighted by atomic mass is 10.1. The van der Waals surface area contributed by atoms with Gasteiger partial charge in [0.1, 0.15) is 22.2 Å². The second kappa shape index (κ2) is 8.43. The lowest BCUT2D eigenvalue weighted by molar-refractivity contribution is 0.0785. The fourth-order valence-electron chi connectivity index (χ4n) is 3.41. The number of fused-ring (bicyclic) bond motifs is 1. The largest absolute Gasteiger partial charge is 0.503 e. The number of aromatic nitrogens is 1. The van der Waals surface area contributed by atoms with E-state index in [1.807, 2.05) is 0 Å². The molecule has 0 radical (unpaired) electrons. The molecule has 1 aromatic heterocycles. The summed E-state index contributed by atoms with van der Waals surface area (Å²) in [5.74, 6) is -4.09. The van der Waals surface area contributed by atoms with E-state index in [1.54, 1.807) is 6.92 Å². The van der Waals surface area contributed by atoms with Gasteiger partial charge >= 0.3 is 0 Å². The van der Waals surface area contributed by atoms with Crippen molar-refractivity contribution in [1.82, 2.24) is 14.8 Å². The molecule has 160 valence electrons. The fraction of sp³-hybridized carbons (Fsp3) is 0.350. The molecule has 0 bridgehead atoms. The van der Waals surface area contributed by atoms with Crippen molar-refractivity contribution in [3.63, 3.8) is 0 Å². The third-order valence-electron chi connectivity index (χ3n) is 5.15. The number of nitrogens with one attached hydrogen (secondary N) is 1. The minimum Gasteiger partial charge on any atom is -0.503 e. The Kier molecular flexibility index (Phi) is 6.12. The molecule has 0 saturated heterocycles. The van der Waals surface area contributed by atoms with Gasteiger partial charge in [0.25, 0.3) is 11.8 Å². The molecule has 1 aromatic carbocycles. The summed E-state index contributed by atoms with van der Waals surface area (Å²) in [5.41, 5.74) is -1.14. The molecule has 3 rings (SSSR count). The minimum atomic E-state index is -1.01. The third kappa shape index (κ3) is 3.65. The maximum atomic E-state index is 14.1. The highest BCUT2D eigenvalue weighted by molar-refractivity contribution is 6.30. The van der Waals surface area contributed by atoms with Gasteiger partial charge in [-0.3, -0.25) is 14.4 Å². The van der Waals surface area contributed by atoms with Gasteiger partial charge in [-0.25, -0.2) is 8.78 Å². The highest BCUT2D eigenvalue weighted by Gasteiger charge is 2.32. The van der Waals surface area contributed by atoms with Crippen molar-refractivity contribution < 1.29 is 23.5 Å². The molecular formula is C20H20ClF2N3O4. The summed E-state index contributed by atoms with van der Waals surface area (Å²) in [4.78, 5) is 39.4. The van der Waals surface area contributed by atoms with Gasteiger partial charge in [0, 0.05) is 37.9 Å². The van der Waals surface area contributed by atoms with Crippen molar-refractivity contribution in [3.05, 3.63) is 61.5 Å². The molecule has 0 saturated carbocycles. The summed E-state index contributed by atoms with van der Waals surface area (Å²) in [6.45, 7) is 2.14. The molecule has 0 fully saturated rings. The van der Waals surface area contributed by atoms with Crippen molar-refractivity contribution >= 4 is 23.4 Å². The van der Waals surface area contributed by atoms with Gasteiger partial charge in [-0.2, -0.15) is 0 Å². The Morgan fingerprint density at radius 1 is 1.33 bits per heavy atom. The predicted molar refractivity (Wildman–Crippen MR) is 106 cm³/mol. The molecule has 0 spiro atoms. The average Bonchev–Trinajstić information content (AvgIpc) is 3.19. The number of amides is 2. The maximum Gasteiger partial charge on any atom is 0.274 e. The van der Waals surface area contributed by atoms with E-state index in [2.05, 4.69) is 5.32 Å². The van der Waals surface area contributed by atoms with Gasteiger partial charge in [0.2, 0.25) is 5.43 Å². The summed E-state index contributed by atoms with van der Waals surface area (Å²) >= 11 is 5.54. The Bertz CT molecular complexity index is 1100. The second-order valence-corrected chi connectivity index (χ2v) is 7.32. The molecule has 0 unspecified atom stereocenters. The first-order valence-electron chi connectivity index (χ1n) is 9.33. The molecule has 2 amide bonds. The van der Waals surface area contributed by atoms with Gasteiger partial charge in [-0.15, -0.1) is 0 Å². The SMILES string of the molecule is CCN(C)C(=O)c1c(O)c(=O)c(C(=O)NCc2ccc(F)c(Cl)c2F)c2n1CCC2. The number of hydrogen-bond donors (Lipinski definition) is 2. The van der Waals surface area contributed by atoms with E-state index in [9.17, 15) is 28.3 Å². The second-order valence-electron chi connectivity index (χ2n) is 6.94. The fourth-order valence-corrected chi connectivity index (χ4v) is 3.59. The van der Waals surface area contributed by atoms with E-state index in [0.717, 1.165) is 12.1 Å². The Balaban J connectivity index is 1.97. The normalized spacial score (nSPS) is 12.6. The lowest BCUT2D eigenvalue weighted by Gasteiger charge is -2.20. The Morgan fingerprint density at radius 3 is 2.70 bits per heavy atom. The summed E-state index contributed by atoms with van der Waals surface area (Å²) in [5, 5.41) is 12.1. The van der Waals surface area contributed by atoms with Crippen LogP contribution in [0.25, 0.3) is 0 Å². The van der Waals surface area contributed by atoms with E-state index < -0.39 is 39.6 Å². The van der Waals surface area contributed by atoms with E-state index in [-0.39, 0.29) is 23.4 Å². The molecule has 7 nitrogen and oxygen atoms in total. The first-order valence-corrected chi connectivity index (χ1v) is 9.71. The van der Waals surface area contributed by atoms with Crippen LogP contribution in [0.5, 0.6) is 5.75 Å². The number of pyridine rings is 1. The molecule has 2 aromatic rings. The molecular weight excluding hydrogens is 420 g/mol. The van der Waals surface area contributed by atoms with Crippen molar-refractivity contribution in [2.75, 3.05) is 13.6 Å². The van der Waals surface area contributed by atoms with Crippen LogP contribution >= 0.6 is 11.6 Å². The van der Waals surface area contributed by atoms with Gasteiger partial charge in [0.05, 0.1) is 0 Å². The van der Waals surface area contributed by atoms with Crippen molar-refractivity contribution in [1.29, 1.82) is 0 Å². The highest BCUT2D eigenvalue weighted by Crippen LogP contribution is 2.26. The maximum absolute atomic E-state index is 14.1. The van der Waals surface area contributed by atoms with Crippen molar-refractivity contribution in [2.45, 2.75) is 32.9 Å². The van der Waals surface area contributed by atoms with Gasteiger partial charge in [0.15, 0.2) is 11.4 Å². The minimum absolute atomic E-state index is 0.0629. The molecule has 10 heteroatoms. The van der Waals surface area contributed by atoms with Crippen LogP contribution in [-0.2, 0) is 19.5 Å². The van der Waals surface area contributed by atoms with E-state index in [0.29, 0.717) is 31.6 Å². The van der Waals surface area contributed by atoms with Crippen LogP contribution in [0.2, 0.25) is 5.02 Å². The van der Waals surface area contributed by atoms with Gasteiger partial charge in [-0.05, 0) is 25.8 Å². The summed E-state index contributed by atoms with van der Waals surface area (Å²) in [7, 11) is 1.54. The first-order chi connectivity index (χ1) is 14.2. The summed E-state index contributed by atoms with van der Waals surface area (Å²) < 4.78 is 28.8. The smallest absolute Gasteiger partial charge is 0.274 e. The zero-order chi connectivity index (χ0) is 22.2. The molecule has 0 atom stereocenters. The zero-order valence-corrected chi connectivity index (χ0v) is 17.1. The summed E-state index contributed by atoms with van der Waals surface area (Å²) in [6, 6.07) is 2.10. The van der Waals surface area contributed by atoms with Gasteiger partial charge < -0.3 is 19.9 Å². The Labute approximate surface area is 175 Å². The lowest BCUT2D eigenvalue weighted by Crippen LogP contribution is -2.35. The molecule has 30 heavy (non-hydrogen) atoms. The first kappa shape index (κ1) is 21.8. The molecule has 2 heterocycles. The number of halogens is 3. The van der Waals surface area contributed by atoms with E-state index in [1.165, 1.54) is 16.5 Å². The van der Waals surface area contributed by atoms with Crippen LogP contribution in [0.4, 0.5) is 8.78 Å². The molecule has 0 aliphatic carbocycles. The number of benzene rings is 1. The van der Waals surface area contributed by atoms with Crippen LogP contribution in [0.15, 0.2) is 16.9 Å². The number of hydrogen-bond acceptors (Lipinski definition) is 4. The van der Waals surface area contributed by atoms with Crippen LogP contribution in [0, 0.1) is 11.6 Å². The van der Waals surface area contributed by atoms with Crippen LogP contribution in [0.3, 0.4) is 0 Å². The van der Waals surface area contributed by atoms with Crippen molar-refractivity contribution in [2.24, 2.45) is 0 Å². The number of nitrogens with zero attached hydrogens (tertiary/aromatic N) is 2. The third-order valence-corrected chi connectivity index (χ3v) is 5.50. The van der Waals surface area contributed by atoms with E-state index >= 15 is 0 Å². The van der Waals surface area contributed by atoms with Crippen molar-refractivity contribution in [3.8, 4) is 5.75 Å². The summed E-state index contributed by atoms with van der Waals surface area (Å²) in [6.07, 6.45) is 0.951. The zero-order valence-electron chi connectivity index (χ0n) is 16.4. The molecule has 2 N–H and O–H groups in total. The number of carbonyl (C=O) groups excluding carboxylic acids is 2. The number of carbonyl (C=O) groups is 2. The average molecular weight is 440 g/mol. The predicted octanol–water partition coefficient (Wildman–Crippen LogP) is 2.45. The highest BCUT2D eigenvalue weighted by atomic mass is 35.5. The van der Waals surface area contributed by atoms with E-state index in [4.69, 9.17) is 11.6 Å². The molecule has 1 aliphatic rings. The van der Waals surface area contributed by atoms with Crippen LogP contribution in [-0.4, -0.2) is 40.0 Å². The Hall–Kier alpha value is -2.94. The topological polar surface area (TPSA) is 91.6 Å². The van der Waals surface area contributed by atoms with Crippen LogP contribution in [0.1, 0.15) is 45.4 Å². The molecule has 1 aliphatic heterocycles. The number of rotatable bonds is 5. The standard InChI is InChI=1S/C20H20ClF2N3O4/c1-3-25(2)20(30)16-18(28)17(27)13(12-5-4-8-26(12)16)19(29)24-9-10-6-7-11(22)14(21)15(10)23/h6-7,28H,3-5,8-9H2,1-2H3,(H,24,29). The number of aromatic hydroxyl groups is 1.